The first-order valence-electron chi connectivity index (χ1n) is 9.29. The smallest absolute Gasteiger partial charge is 0.326 e. The van der Waals surface area contributed by atoms with Gasteiger partial charge in [-0.15, -0.1) is 0 Å². The maximum absolute atomic E-state index is 12.2. The summed E-state index contributed by atoms with van der Waals surface area (Å²) in [5.41, 5.74) is 1.78. The Kier molecular flexibility index (Phi) is 6.45. The van der Waals surface area contributed by atoms with Gasteiger partial charge in [0.15, 0.2) is 0 Å². The van der Waals surface area contributed by atoms with E-state index in [0.29, 0.717) is 0 Å². The first-order valence-corrected chi connectivity index (χ1v) is 9.29. The highest BCUT2D eigenvalue weighted by molar-refractivity contribution is 5.78. The number of nitrogens with zero attached hydrogens (tertiary/aromatic N) is 2. The summed E-state index contributed by atoms with van der Waals surface area (Å²) in [5.74, 6) is 1.08. The van der Waals surface area contributed by atoms with Crippen molar-refractivity contribution in [2.45, 2.75) is 53.5 Å². The van der Waals surface area contributed by atoms with Gasteiger partial charge in [0, 0.05) is 25.0 Å². The molecule has 1 fully saturated rings. The number of amides is 1. The molecule has 0 spiro atoms. The predicted molar refractivity (Wildman–Crippen MR) is 103 cm³/mol. The molecular weight excluding hydrogens is 314 g/mol. The minimum absolute atomic E-state index is 0.0392. The van der Waals surface area contributed by atoms with E-state index in [-0.39, 0.29) is 23.6 Å². The van der Waals surface area contributed by atoms with Crippen LogP contribution in [0.25, 0.3) is 11.0 Å². The molecule has 1 aliphatic heterocycles. The van der Waals surface area contributed by atoms with E-state index in [9.17, 15) is 9.59 Å². The number of hydrogen-bond acceptors (Lipinski definition) is 2. The van der Waals surface area contributed by atoms with E-state index in [1.54, 1.807) is 0 Å². The lowest BCUT2D eigenvalue weighted by molar-refractivity contribution is -0.135. The highest BCUT2D eigenvalue weighted by Crippen LogP contribution is 2.25. The van der Waals surface area contributed by atoms with Crippen LogP contribution in [0.5, 0.6) is 0 Å². The van der Waals surface area contributed by atoms with E-state index < -0.39 is 0 Å². The van der Waals surface area contributed by atoms with Gasteiger partial charge in [-0.1, -0.05) is 46.8 Å². The number of para-hydroxylation sites is 2. The standard InChI is InChI=1S/C16H21N3O2.C4H10/c1-11(2)15(20)18-9-7-12(8-10-18)19-14-6-4-3-5-13(14)17-16(19)21;1-4(2)3/h3-6,11-12H,7-10H2,1-2H3,(H,17,21);4H,1-3H3. The van der Waals surface area contributed by atoms with Gasteiger partial charge in [0.1, 0.15) is 0 Å². The number of rotatable bonds is 2. The fourth-order valence-corrected chi connectivity index (χ4v) is 3.15. The lowest BCUT2D eigenvalue weighted by Gasteiger charge is -2.33. The summed E-state index contributed by atoms with van der Waals surface area (Å²) in [6.45, 7) is 11.8. The number of imidazole rings is 1. The first-order chi connectivity index (χ1) is 11.8. The van der Waals surface area contributed by atoms with Gasteiger partial charge < -0.3 is 9.88 Å². The molecule has 1 aromatic heterocycles. The molecule has 0 saturated carbocycles. The van der Waals surface area contributed by atoms with E-state index in [0.717, 1.165) is 42.9 Å². The molecule has 0 bridgehead atoms. The Morgan fingerprint density at radius 3 is 2.20 bits per heavy atom. The minimum atomic E-state index is -0.0511. The SMILES string of the molecule is CC(C)C.CC(C)C(=O)N1CCC(n2c(=O)[nH]c3ccccc32)CC1. The zero-order chi connectivity index (χ0) is 18.6. The molecule has 0 aliphatic carbocycles. The van der Waals surface area contributed by atoms with E-state index in [4.69, 9.17) is 0 Å². The van der Waals surface area contributed by atoms with Crippen molar-refractivity contribution in [1.82, 2.24) is 14.5 Å². The van der Waals surface area contributed by atoms with E-state index in [1.807, 2.05) is 47.6 Å². The maximum atomic E-state index is 12.2. The molecular formula is C20H31N3O2. The summed E-state index contributed by atoms with van der Waals surface area (Å²) in [7, 11) is 0. The van der Waals surface area contributed by atoms with Crippen LogP contribution < -0.4 is 5.69 Å². The minimum Gasteiger partial charge on any atom is -0.342 e. The third-order valence-electron chi connectivity index (χ3n) is 4.26. The predicted octanol–water partition coefficient (Wildman–Crippen LogP) is 3.81. The van der Waals surface area contributed by atoms with Gasteiger partial charge in [-0.05, 0) is 30.9 Å². The van der Waals surface area contributed by atoms with Crippen molar-refractivity contribution in [1.29, 1.82) is 0 Å². The highest BCUT2D eigenvalue weighted by Gasteiger charge is 2.26. The summed E-state index contributed by atoms with van der Waals surface area (Å²) >= 11 is 0. The second-order valence-electron chi connectivity index (χ2n) is 7.76. The van der Waals surface area contributed by atoms with Gasteiger partial charge >= 0.3 is 5.69 Å². The van der Waals surface area contributed by atoms with Crippen LogP contribution in [0.3, 0.4) is 0 Å². The Morgan fingerprint density at radius 2 is 1.64 bits per heavy atom. The van der Waals surface area contributed by atoms with Crippen molar-refractivity contribution in [3.8, 4) is 0 Å². The number of nitrogens with one attached hydrogen (secondary N) is 1. The molecule has 1 N–H and O–H groups in total. The number of aromatic nitrogens is 2. The second kappa shape index (κ2) is 8.37. The molecule has 0 unspecified atom stereocenters. The van der Waals surface area contributed by atoms with E-state index in [2.05, 4.69) is 25.8 Å². The monoisotopic (exact) mass is 345 g/mol. The molecule has 1 aliphatic rings. The van der Waals surface area contributed by atoms with Crippen LogP contribution >= 0.6 is 0 Å². The lowest BCUT2D eigenvalue weighted by Crippen LogP contribution is -2.42. The Hall–Kier alpha value is -2.04. The number of H-pyrrole nitrogens is 1. The molecule has 1 saturated heterocycles. The van der Waals surface area contributed by atoms with Crippen LogP contribution in [0.4, 0.5) is 0 Å². The summed E-state index contributed by atoms with van der Waals surface area (Å²) in [6.07, 6.45) is 1.67. The quantitative estimate of drug-likeness (QED) is 0.900. The number of fused-ring (bicyclic) bond motifs is 1. The molecule has 25 heavy (non-hydrogen) atoms. The van der Waals surface area contributed by atoms with E-state index >= 15 is 0 Å². The van der Waals surface area contributed by atoms with Crippen LogP contribution in [0.1, 0.15) is 53.5 Å². The number of carbonyl (C=O) groups is 1. The van der Waals surface area contributed by atoms with E-state index in [1.165, 1.54) is 0 Å². The molecule has 2 heterocycles. The fraction of sp³-hybridized carbons (Fsp3) is 0.600. The number of carbonyl (C=O) groups excluding carboxylic acids is 1. The molecule has 3 rings (SSSR count). The van der Waals surface area contributed by atoms with Crippen molar-refractivity contribution in [3.63, 3.8) is 0 Å². The Labute approximate surface area is 150 Å². The number of hydrogen-bond donors (Lipinski definition) is 1. The highest BCUT2D eigenvalue weighted by atomic mass is 16.2. The van der Waals surface area contributed by atoms with Gasteiger partial charge in [0.05, 0.1) is 11.0 Å². The van der Waals surface area contributed by atoms with Crippen LogP contribution in [0.2, 0.25) is 0 Å². The van der Waals surface area contributed by atoms with Crippen molar-refractivity contribution < 1.29 is 4.79 Å². The van der Waals surface area contributed by atoms with Crippen LogP contribution in [0, 0.1) is 11.8 Å². The number of benzene rings is 1. The normalized spacial score (nSPS) is 15.6. The number of aromatic amines is 1. The third kappa shape index (κ3) is 4.74. The lowest BCUT2D eigenvalue weighted by atomic mass is 10.0. The topological polar surface area (TPSA) is 58.1 Å². The zero-order valence-electron chi connectivity index (χ0n) is 16.1. The van der Waals surface area contributed by atoms with Crippen molar-refractivity contribution in [3.05, 3.63) is 34.7 Å². The average molecular weight is 345 g/mol. The number of piperidine rings is 1. The molecule has 5 heteroatoms. The molecule has 5 nitrogen and oxygen atoms in total. The summed E-state index contributed by atoms with van der Waals surface area (Å²) in [4.78, 5) is 29.0. The first kappa shape index (κ1) is 19.3. The second-order valence-corrected chi connectivity index (χ2v) is 7.76. The summed E-state index contributed by atoms with van der Waals surface area (Å²) in [6, 6.07) is 7.93. The molecule has 0 atom stereocenters. The molecule has 1 amide bonds. The molecule has 138 valence electrons. The van der Waals surface area contributed by atoms with Gasteiger partial charge in [-0.3, -0.25) is 9.36 Å². The van der Waals surface area contributed by atoms with Crippen molar-refractivity contribution >= 4 is 16.9 Å². The summed E-state index contributed by atoms with van der Waals surface area (Å²) in [5, 5.41) is 0. The number of likely N-dealkylation sites (tertiary alicyclic amines) is 1. The average Bonchev–Trinajstić information content (AvgIpc) is 2.89. The summed E-state index contributed by atoms with van der Waals surface area (Å²) < 4.78 is 1.85. The Bertz CT molecular complexity index is 747. The van der Waals surface area contributed by atoms with Gasteiger partial charge in [0.2, 0.25) is 5.91 Å². The molecule has 1 aromatic carbocycles. The Balaban J connectivity index is 0.000000511. The van der Waals surface area contributed by atoms with Crippen molar-refractivity contribution in [2.24, 2.45) is 11.8 Å². The largest absolute Gasteiger partial charge is 0.342 e. The molecule has 0 radical (unpaired) electrons. The van der Waals surface area contributed by atoms with Crippen LogP contribution in [-0.2, 0) is 4.79 Å². The van der Waals surface area contributed by atoms with Gasteiger partial charge in [-0.2, -0.15) is 0 Å². The third-order valence-corrected chi connectivity index (χ3v) is 4.26. The van der Waals surface area contributed by atoms with Crippen LogP contribution in [0.15, 0.2) is 29.1 Å². The Morgan fingerprint density at radius 1 is 1.08 bits per heavy atom. The zero-order valence-corrected chi connectivity index (χ0v) is 16.1. The fourth-order valence-electron chi connectivity index (χ4n) is 3.15. The van der Waals surface area contributed by atoms with Crippen LogP contribution in [-0.4, -0.2) is 33.4 Å². The molecule has 2 aromatic rings. The van der Waals surface area contributed by atoms with Gasteiger partial charge in [-0.25, -0.2) is 4.79 Å². The van der Waals surface area contributed by atoms with Gasteiger partial charge in [0.25, 0.3) is 0 Å². The van der Waals surface area contributed by atoms with Crippen molar-refractivity contribution in [2.75, 3.05) is 13.1 Å². The maximum Gasteiger partial charge on any atom is 0.326 e.